The third-order valence-electron chi connectivity index (χ3n) is 5.53. The van der Waals surface area contributed by atoms with E-state index in [0.717, 1.165) is 25.9 Å². The Hall–Kier alpha value is -2.70. The first kappa shape index (κ1) is 18.7. The Kier molecular flexibility index (Phi) is 5.15. The number of likely N-dealkylation sites (tertiary alicyclic amines) is 1. The van der Waals surface area contributed by atoms with Crippen LogP contribution in [0.2, 0.25) is 0 Å². The maximum absolute atomic E-state index is 12.9. The normalized spacial score (nSPS) is 16.5. The number of aliphatic hydroxyl groups is 1. The number of aliphatic hydroxyl groups excluding tert-OH is 1. The van der Waals surface area contributed by atoms with Crippen molar-refractivity contribution < 1.29 is 15.0 Å². The number of carboxylic acid groups (broad SMARTS) is 1. The van der Waals surface area contributed by atoms with Crippen LogP contribution in [-0.4, -0.2) is 51.4 Å². The molecule has 1 aliphatic heterocycles. The van der Waals surface area contributed by atoms with Gasteiger partial charge in [0.15, 0.2) is 5.43 Å². The minimum atomic E-state index is -1.08. The van der Waals surface area contributed by atoms with Gasteiger partial charge in [-0.15, -0.1) is 0 Å². The number of rotatable bonds is 5. The van der Waals surface area contributed by atoms with Crippen molar-refractivity contribution in [3.8, 4) is 0 Å². The van der Waals surface area contributed by atoms with Gasteiger partial charge in [-0.05, 0) is 50.2 Å². The Bertz CT molecular complexity index is 1080. The molecular formula is C22H24N2O4. The van der Waals surface area contributed by atoms with Crippen molar-refractivity contribution in [2.45, 2.75) is 31.9 Å². The Balaban J connectivity index is 1.85. The number of aromatic carboxylic acids is 1. The summed E-state index contributed by atoms with van der Waals surface area (Å²) in [5.74, 6) is -1.08. The number of para-hydroxylation sites is 2. The minimum Gasteiger partial charge on any atom is -0.478 e. The van der Waals surface area contributed by atoms with Crippen molar-refractivity contribution >= 4 is 27.8 Å². The van der Waals surface area contributed by atoms with Crippen molar-refractivity contribution in [3.05, 3.63) is 58.3 Å². The van der Waals surface area contributed by atoms with Crippen LogP contribution in [0.1, 0.15) is 29.6 Å². The van der Waals surface area contributed by atoms with Crippen molar-refractivity contribution in [3.63, 3.8) is 0 Å². The number of hydrogen-bond acceptors (Lipinski definition) is 4. The second-order valence-electron chi connectivity index (χ2n) is 7.48. The number of carboxylic acids is 1. The second kappa shape index (κ2) is 7.73. The highest BCUT2D eigenvalue weighted by molar-refractivity contribution is 6.05. The zero-order valence-electron chi connectivity index (χ0n) is 15.7. The number of nitrogens with zero attached hydrogens (tertiary/aromatic N) is 2. The lowest BCUT2D eigenvalue weighted by atomic mass is 10.0. The van der Waals surface area contributed by atoms with Crippen LogP contribution in [0.25, 0.3) is 21.8 Å². The number of hydrogen-bond donors (Lipinski definition) is 2. The van der Waals surface area contributed by atoms with Gasteiger partial charge in [0.2, 0.25) is 0 Å². The number of pyridine rings is 1. The van der Waals surface area contributed by atoms with E-state index in [1.165, 1.54) is 12.5 Å². The number of benzene rings is 2. The van der Waals surface area contributed by atoms with E-state index < -0.39 is 12.1 Å². The van der Waals surface area contributed by atoms with E-state index in [2.05, 4.69) is 4.90 Å². The lowest BCUT2D eigenvalue weighted by Crippen LogP contribution is -2.38. The van der Waals surface area contributed by atoms with Gasteiger partial charge in [-0.1, -0.05) is 24.6 Å². The molecule has 1 aromatic heterocycles. The summed E-state index contributed by atoms with van der Waals surface area (Å²) in [6, 6.07) is 11.9. The van der Waals surface area contributed by atoms with Crippen LogP contribution in [0.15, 0.2) is 47.3 Å². The van der Waals surface area contributed by atoms with Crippen LogP contribution in [0.3, 0.4) is 0 Å². The summed E-state index contributed by atoms with van der Waals surface area (Å²) >= 11 is 0. The van der Waals surface area contributed by atoms with Gasteiger partial charge in [-0.3, -0.25) is 4.79 Å². The van der Waals surface area contributed by atoms with Crippen molar-refractivity contribution in [1.29, 1.82) is 0 Å². The molecule has 28 heavy (non-hydrogen) atoms. The highest BCUT2D eigenvalue weighted by Crippen LogP contribution is 2.23. The van der Waals surface area contributed by atoms with Gasteiger partial charge in [-0.25, -0.2) is 4.79 Å². The summed E-state index contributed by atoms with van der Waals surface area (Å²) in [6.45, 7) is 2.72. The molecule has 0 saturated carbocycles. The molecule has 1 atom stereocenters. The van der Waals surface area contributed by atoms with Crippen LogP contribution < -0.4 is 5.43 Å². The zero-order chi connectivity index (χ0) is 19.7. The summed E-state index contributed by atoms with van der Waals surface area (Å²) in [5.41, 5.74) is 0.906. The molecule has 2 heterocycles. The Morgan fingerprint density at radius 1 is 0.964 bits per heavy atom. The maximum atomic E-state index is 12.9. The average molecular weight is 380 g/mol. The van der Waals surface area contributed by atoms with Gasteiger partial charge in [0, 0.05) is 17.3 Å². The van der Waals surface area contributed by atoms with E-state index in [4.69, 9.17) is 0 Å². The smallest absolute Gasteiger partial charge is 0.337 e. The summed E-state index contributed by atoms with van der Waals surface area (Å²) < 4.78 is 1.80. The number of β-amino-alcohol motifs (C(OH)–C–C–N with tert-alkyl or cyclic N) is 1. The Labute approximate surface area is 162 Å². The molecule has 6 heteroatoms. The average Bonchev–Trinajstić information content (AvgIpc) is 2.71. The van der Waals surface area contributed by atoms with Gasteiger partial charge in [-0.2, -0.15) is 0 Å². The highest BCUT2D eigenvalue weighted by atomic mass is 16.4. The Morgan fingerprint density at radius 3 is 2.43 bits per heavy atom. The fraction of sp³-hybridized carbons (Fsp3) is 0.364. The van der Waals surface area contributed by atoms with E-state index in [0.29, 0.717) is 28.4 Å². The van der Waals surface area contributed by atoms with Crippen LogP contribution in [0, 0.1) is 0 Å². The van der Waals surface area contributed by atoms with Crippen LogP contribution in [0.5, 0.6) is 0 Å². The molecule has 1 unspecified atom stereocenters. The van der Waals surface area contributed by atoms with Crippen LogP contribution >= 0.6 is 0 Å². The van der Waals surface area contributed by atoms with E-state index >= 15 is 0 Å². The third kappa shape index (κ3) is 3.41. The third-order valence-corrected chi connectivity index (χ3v) is 5.53. The summed E-state index contributed by atoms with van der Waals surface area (Å²) in [6.07, 6.45) is 2.84. The molecule has 0 bridgehead atoms. The largest absolute Gasteiger partial charge is 0.478 e. The second-order valence-corrected chi connectivity index (χ2v) is 7.48. The monoisotopic (exact) mass is 380 g/mol. The zero-order valence-corrected chi connectivity index (χ0v) is 15.7. The maximum Gasteiger partial charge on any atom is 0.337 e. The van der Waals surface area contributed by atoms with Gasteiger partial charge < -0.3 is 19.7 Å². The molecule has 1 aliphatic rings. The first-order chi connectivity index (χ1) is 13.6. The molecule has 3 aromatic rings. The van der Waals surface area contributed by atoms with Crippen molar-refractivity contribution in [2.24, 2.45) is 0 Å². The molecule has 2 aromatic carbocycles. The SMILES string of the molecule is O=C(O)c1cccc2c(=O)c3ccccc3n(CC(O)CN3CCCCC3)c12. The molecule has 4 rings (SSSR count). The van der Waals surface area contributed by atoms with Gasteiger partial charge in [0.25, 0.3) is 0 Å². The number of carbonyl (C=O) groups is 1. The summed E-state index contributed by atoms with van der Waals surface area (Å²) in [7, 11) is 0. The molecule has 0 aliphatic carbocycles. The van der Waals surface area contributed by atoms with Gasteiger partial charge in [0.05, 0.1) is 29.2 Å². The number of piperidine rings is 1. The lowest BCUT2D eigenvalue weighted by molar-refractivity contribution is 0.0697. The fourth-order valence-corrected chi connectivity index (χ4v) is 4.25. The molecule has 0 amide bonds. The minimum absolute atomic E-state index is 0.0746. The molecule has 146 valence electrons. The number of fused-ring (bicyclic) bond motifs is 2. The topological polar surface area (TPSA) is 82.8 Å². The van der Waals surface area contributed by atoms with Crippen molar-refractivity contribution in [2.75, 3.05) is 19.6 Å². The Morgan fingerprint density at radius 2 is 1.68 bits per heavy atom. The van der Waals surface area contributed by atoms with E-state index in [9.17, 15) is 19.8 Å². The molecule has 1 saturated heterocycles. The van der Waals surface area contributed by atoms with Gasteiger partial charge >= 0.3 is 5.97 Å². The lowest BCUT2D eigenvalue weighted by Gasteiger charge is -2.29. The molecule has 0 spiro atoms. The van der Waals surface area contributed by atoms with E-state index in [-0.39, 0.29) is 17.5 Å². The summed E-state index contributed by atoms with van der Waals surface area (Å²) in [4.78, 5) is 27.0. The molecule has 6 nitrogen and oxygen atoms in total. The number of aromatic nitrogens is 1. The molecule has 0 radical (unpaired) electrons. The first-order valence-corrected chi connectivity index (χ1v) is 9.74. The molecular weight excluding hydrogens is 356 g/mol. The van der Waals surface area contributed by atoms with Gasteiger partial charge in [0.1, 0.15) is 0 Å². The predicted molar refractivity (Wildman–Crippen MR) is 109 cm³/mol. The molecule has 2 N–H and O–H groups in total. The van der Waals surface area contributed by atoms with Crippen LogP contribution in [0.4, 0.5) is 0 Å². The predicted octanol–water partition coefficient (Wildman–Crippen LogP) is 2.70. The highest BCUT2D eigenvalue weighted by Gasteiger charge is 2.20. The first-order valence-electron chi connectivity index (χ1n) is 9.74. The summed E-state index contributed by atoms with van der Waals surface area (Å²) in [5, 5.41) is 21.4. The fourth-order valence-electron chi connectivity index (χ4n) is 4.25. The van der Waals surface area contributed by atoms with E-state index in [1.54, 1.807) is 28.8 Å². The van der Waals surface area contributed by atoms with Crippen molar-refractivity contribution in [1.82, 2.24) is 9.47 Å². The molecule has 1 fully saturated rings. The van der Waals surface area contributed by atoms with E-state index in [1.807, 2.05) is 12.1 Å². The standard InChI is InChI=1S/C22H24N2O4/c25-15(13-23-11-4-1-5-12-23)14-24-19-10-3-2-7-16(19)21(26)17-8-6-9-18(20(17)24)22(27)28/h2-3,6-10,15,25H,1,4-5,11-14H2,(H,27,28). The quantitative estimate of drug-likeness (QED) is 0.665. The van der Waals surface area contributed by atoms with Crippen LogP contribution in [-0.2, 0) is 6.54 Å².